The van der Waals surface area contributed by atoms with Crippen molar-refractivity contribution in [2.45, 2.75) is 57.8 Å². The second-order valence-electron chi connectivity index (χ2n) is 3.93. The van der Waals surface area contributed by atoms with Crippen LogP contribution in [0, 0.1) is 0 Å². The number of carbonyl (C=O) groups is 1. The number of hydrogen-bond acceptors (Lipinski definition) is 3. The number of nitrogens with one attached hydrogen (secondary N) is 1. The summed E-state index contributed by atoms with van der Waals surface area (Å²) in [6, 6.07) is 0. The molecule has 0 aliphatic rings. The smallest absolute Gasteiger partial charge is 0.303 e. The molecule has 0 unspecified atom stereocenters. The molecule has 0 fully saturated rings. The number of unbranched alkanes of at least 4 members (excludes halogenated alkanes) is 7. The van der Waals surface area contributed by atoms with Gasteiger partial charge >= 0.3 is 5.97 Å². The van der Waals surface area contributed by atoms with Gasteiger partial charge in [-0.2, -0.15) is 0 Å². The van der Waals surface area contributed by atoms with E-state index in [2.05, 4.69) is 5.43 Å². The van der Waals surface area contributed by atoms with Gasteiger partial charge in [0.2, 0.25) is 0 Å². The first-order valence-electron chi connectivity index (χ1n) is 5.92. The molecule has 90 valence electrons. The van der Waals surface area contributed by atoms with E-state index in [4.69, 9.17) is 10.9 Å². The Balaban J connectivity index is 2.89. The molecule has 0 aliphatic carbocycles. The lowest BCUT2D eigenvalue weighted by Gasteiger charge is -2.01. The van der Waals surface area contributed by atoms with Crippen LogP contribution in [0.1, 0.15) is 57.8 Å². The van der Waals surface area contributed by atoms with Crippen molar-refractivity contribution in [3.8, 4) is 0 Å². The maximum Gasteiger partial charge on any atom is 0.303 e. The van der Waals surface area contributed by atoms with E-state index in [1.165, 1.54) is 32.1 Å². The Morgan fingerprint density at radius 2 is 1.40 bits per heavy atom. The average molecular weight is 216 g/mol. The van der Waals surface area contributed by atoms with Crippen LogP contribution in [0.3, 0.4) is 0 Å². The van der Waals surface area contributed by atoms with Crippen LogP contribution in [-0.4, -0.2) is 17.6 Å². The molecular weight excluding hydrogens is 192 g/mol. The molecule has 0 spiro atoms. The van der Waals surface area contributed by atoms with Gasteiger partial charge in [-0.15, -0.1) is 0 Å². The van der Waals surface area contributed by atoms with Crippen LogP contribution >= 0.6 is 0 Å². The van der Waals surface area contributed by atoms with Crippen molar-refractivity contribution in [1.82, 2.24) is 5.43 Å². The number of aliphatic carboxylic acids is 1. The molecule has 0 saturated heterocycles. The highest BCUT2D eigenvalue weighted by Crippen LogP contribution is 2.09. The van der Waals surface area contributed by atoms with E-state index in [1.54, 1.807) is 0 Å². The molecular formula is C11H24N2O2. The van der Waals surface area contributed by atoms with Crippen LogP contribution in [0.2, 0.25) is 0 Å². The van der Waals surface area contributed by atoms with Gasteiger partial charge in [0.05, 0.1) is 0 Å². The molecule has 0 rings (SSSR count). The summed E-state index contributed by atoms with van der Waals surface area (Å²) < 4.78 is 0. The molecule has 4 N–H and O–H groups in total. The number of hydrazine groups is 1. The van der Waals surface area contributed by atoms with Gasteiger partial charge < -0.3 is 5.11 Å². The van der Waals surface area contributed by atoms with Crippen LogP contribution in [0.5, 0.6) is 0 Å². The minimum atomic E-state index is -0.677. The lowest BCUT2D eigenvalue weighted by molar-refractivity contribution is -0.137. The zero-order valence-corrected chi connectivity index (χ0v) is 9.50. The number of carboxylic acid groups (broad SMARTS) is 1. The number of rotatable bonds is 11. The number of nitrogens with two attached hydrogens (primary N) is 1. The van der Waals surface area contributed by atoms with Gasteiger partial charge in [0.15, 0.2) is 0 Å². The van der Waals surface area contributed by atoms with E-state index in [9.17, 15) is 4.79 Å². The molecule has 0 aliphatic heterocycles. The molecule has 0 atom stereocenters. The summed E-state index contributed by atoms with van der Waals surface area (Å²) in [4.78, 5) is 10.2. The third kappa shape index (κ3) is 13.4. The third-order valence-corrected chi connectivity index (χ3v) is 2.46. The molecule has 0 bridgehead atoms. The van der Waals surface area contributed by atoms with Gasteiger partial charge in [-0.3, -0.25) is 16.1 Å². The van der Waals surface area contributed by atoms with Crippen molar-refractivity contribution in [2.75, 3.05) is 6.54 Å². The highest BCUT2D eigenvalue weighted by atomic mass is 16.4. The Bertz CT molecular complexity index is 152. The minimum Gasteiger partial charge on any atom is -0.481 e. The van der Waals surface area contributed by atoms with E-state index in [0.717, 1.165) is 25.8 Å². The Morgan fingerprint density at radius 3 is 1.87 bits per heavy atom. The third-order valence-electron chi connectivity index (χ3n) is 2.46. The predicted octanol–water partition coefficient (Wildman–Crippen LogP) is 2.05. The Kier molecular flexibility index (Phi) is 11.0. The zero-order chi connectivity index (χ0) is 11.4. The molecule has 0 aromatic rings. The summed E-state index contributed by atoms with van der Waals surface area (Å²) in [7, 11) is 0. The summed E-state index contributed by atoms with van der Waals surface area (Å²) >= 11 is 0. The largest absolute Gasteiger partial charge is 0.481 e. The summed E-state index contributed by atoms with van der Waals surface area (Å²) in [6.07, 6.45) is 9.51. The van der Waals surface area contributed by atoms with Gasteiger partial charge in [0, 0.05) is 13.0 Å². The van der Waals surface area contributed by atoms with Crippen molar-refractivity contribution in [2.24, 2.45) is 5.84 Å². The van der Waals surface area contributed by atoms with E-state index in [1.807, 2.05) is 0 Å². The summed E-state index contributed by atoms with van der Waals surface area (Å²) in [5.41, 5.74) is 2.64. The SMILES string of the molecule is NNCCCCCCCCCCC(=O)O. The molecule has 4 heteroatoms. The fourth-order valence-corrected chi connectivity index (χ4v) is 1.56. The van der Waals surface area contributed by atoms with Crippen molar-refractivity contribution < 1.29 is 9.90 Å². The monoisotopic (exact) mass is 216 g/mol. The van der Waals surface area contributed by atoms with Gasteiger partial charge in [-0.25, -0.2) is 0 Å². The Hall–Kier alpha value is -0.610. The minimum absolute atomic E-state index is 0.322. The highest BCUT2D eigenvalue weighted by molar-refractivity contribution is 5.66. The maximum absolute atomic E-state index is 10.2. The van der Waals surface area contributed by atoms with Crippen molar-refractivity contribution >= 4 is 5.97 Å². The van der Waals surface area contributed by atoms with E-state index < -0.39 is 5.97 Å². The van der Waals surface area contributed by atoms with Crippen molar-refractivity contribution in [1.29, 1.82) is 0 Å². The van der Waals surface area contributed by atoms with Crippen LogP contribution in [0.15, 0.2) is 0 Å². The maximum atomic E-state index is 10.2. The quantitative estimate of drug-likeness (QED) is 0.281. The van der Waals surface area contributed by atoms with Crippen LogP contribution < -0.4 is 11.3 Å². The second-order valence-corrected chi connectivity index (χ2v) is 3.93. The summed E-state index contributed by atoms with van der Waals surface area (Å²) in [6.45, 7) is 0.901. The fraction of sp³-hybridized carbons (Fsp3) is 0.909. The first kappa shape index (κ1) is 14.4. The Morgan fingerprint density at radius 1 is 0.933 bits per heavy atom. The number of carboxylic acids is 1. The van der Waals surface area contributed by atoms with Crippen molar-refractivity contribution in [3.05, 3.63) is 0 Å². The highest BCUT2D eigenvalue weighted by Gasteiger charge is 1.96. The van der Waals surface area contributed by atoms with Gasteiger partial charge in [-0.05, 0) is 12.8 Å². The van der Waals surface area contributed by atoms with E-state index in [0.29, 0.717) is 6.42 Å². The molecule has 4 nitrogen and oxygen atoms in total. The molecule has 15 heavy (non-hydrogen) atoms. The van der Waals surface area contributed by atoms with E-state index >= 15 is 0 Å². The van der Waals surface area contributed by atoms with Crippen molar-refractivity contribution in [3.63, 3.8) is 0 Å². The summed E-state index contributed by atoms with van der Waals surface area (Å²) in [5.74, 6) is 4.47. The van der Waals surface area contributed by atoms with Crippen LogP contribution in [0.4, 0.5) is 0 Å². The first-order chi connectivity index (χ1) is 7.27. The molecule has 0 amide bonds. The van der Waals surface area contributed by atoms with E-state index in [-0.39, 0.29) is 0 Å². The van der Waals surface area contributed by atoms with Gasteiger partial charge in [0.25, 0.3) is 0 Å². The van der Waals surface area contributed by atoms with Crippen LogP contribution in [0.25, 0.3) is 0 Å². The summed E-state index contributed by atoms with van der Waals surface area (Å²) in [5, 5.41) is 8.42. The molecule has 0 saturated carbocycles. The molecule has 0 heterocycles. The second kappa shape index (κ2) is 11.5. The van der Waals surface area contributed by atoms with Gasteiger partial charge in [0.1, 0.15) is 0 Å². The normalized spacial score (nSPS) is 10.5. The first-order valence-corrected chi connectivity index (χ1v) is 5.92. The van der Waals surface area contributed by atoms with Gasteiger partial charge in [-0.1, -0.05) is 38.5 Å². The Labute approximate surface area is 92.2 Å². The fourth-order valence-electron chi connectivity index (χ4n) is 1.56. The molecule has 0 aromatic heterocycles. The molecule has 0 radical (unpaired) electrons. The lowest BCUT2D eigenvalue weighted by Crippen LogP contribution is -2.22. The predicted molar refractivity (Wildman–Crippen MR) is 61.4 cm³/mol. The molecule has 0 aromatic carbocycles. The zero-order valence-electron chi connectivity index (χ0n) is 9.50. The lowest BCUT2D eigenvalue weighted by atomic mass is 10.1. The van der Waals surface area contributed by atoms with Crippen LogP contribution in [-0.2, 0) is 4.79 Å². The average Bonchev–Trinajstić information content (AvgIpc) is 2.20. The number of hydrogen-bond donors (Lipinski definition) is 3. The topological polar surface area (TPSA) is 75.3 Å². The standard InChI is InChI=1S/C11H24N2O2/c12-13-10-8-6-4-2-1-3-5-7-9-11(14)15/h13H,1-10,12H2,(H,14,15).